The van der Waals surface area contributed by atoms with Crippen LogP contribution in [-0.4, -0.2) is 41.6 Å². The predicted octanol–water partition coefficient (Wildman–Crippen LogP) is 5.14. The van der Waals surface area contributed by atoms with Crippen LogP contribution in [-0.2, 0) is 6.54 Å². The van der Waals surface area contributed by atoms with Gasteiger partial charge in [0.1, 0.15) is 37.1 Å². The van der Waals surface area contributed by atoms with Crippen molar-refractivity contribution in [3.05, 3.63) is 81.9 Å². The largest absolute Gasteiger partial charge is 0.497 e. The molecule has 0 saturated heterocycles. The van der Waals surface area contributed by atoms with Crippen LogP contribution in [0.4, 0.5) is 5.69 Å². The Labute approximate surface area is 200 Å². The van der Waals surface area contributed by atoms with Gasteiger partial charge in [-0.1, -0.05) is 11.6 Å². The summed E-state index contributed by atoms with van der Waals surface area (Å²) in [6.07, 6.45) is 0. The van der Waals surface area contributed by atoms with Gasteiger partial charge in [0.2, 0.25) is 5.88 Å². The SMILES string of the molecule is COc1ccc2c(c1)c(OCCOc1ccc(Cl)cc1)nn2CCOc1ccc([N+](=O)[O-])cc1. The maximum Gasteiger partial charge on any atom is 0.269 e. The van der Waals surface area contributed by atoms with Crippen LogP contribution in [0.2, 0.25) is 5.02 Å². The Balaban J connectivity index is 1.40. The van der Waals surface area contributed by atoms with E-state index in [2.05, 4.69) is 5.10 Å². The van der Waals surface area contributed by atoms with Crippen LogP contribution in [0.25, 0.3) is 10.9 Å². The minimum absolute atomic E-state index is 0.0150. The highest BCUT2D eigenvalue weighted by molar-refractivity contribution is 6.30. The number of hydrogen-bond donors (Lipinski definition) is 0. The van der Waals surface area contributed by atoms with Crippen molar-refractivity contribution < 1.29 is 23.9 Å². The first-order chi connectivity index (χ1) is 16.5. The summed E-state index contributed by atoms with van der Waals surface area (Å²) in [6, 6.07) is 18.7. The molecule has 0 N–H and O–H groups in total. The lowest BCUT2D eigenvalue weighted by Crippen LogP contribution is -2.11. The number of rotatable bonds is 11. The molecule has 0 aliphatic heterocycles. The Morgan fingerprint density at radius 1 is 0.882 bits per heavy atom. The summed E-state index contributed by atoms with van der Waals surface area (Å²) in [5.41, 5.74) is 0.878. The van der Waals surface area contributed by atoms with E-state index >= 15 is 0 Å². The van der Waals surface area contributed by atoms with Crippen LogP contribution in [0, 0.1) is 10.1 Å². The summed E-state index contributed by atoms with van der Waals surface area (Å²) >= 11 is 5.89. The highest BCUT2D eigenvalue weighted by Crippen LogP contribution is 2.29. The molecule has 1 heterocycles. The molecule has 176 valence electrons. The molecule has 0 bridgehead atoms. The fourth-order valence-electron chi connectivity index (χ4n) is 3.28. The van der Waals surface area contributed by atoms with Crippen LogP contribution >= 0.6 is 11.6 Å². The number of benzene rings is 3. The summed E-state index contributed by atoms with van der Waals surface area (Å²) in [5.74, 6) is 2.40. The van der Waals surface area contributed by atoms with E-state index in [-0.39, 0.29) is 5.69 Å². The number of aromatic nitrogens is 2. The second-order valence-electron chi connectivity index (χ2n) is 7.16. The van der Waals surface area contributed by atoms with Crippen LogP contribution in [0.5, 0.6) is 23.1 Å². The van der Waals surface area contributed by atoms with Gasteiger partial charge in [-0.2, -0.15) is 0 Å². The number of nitro benzene ring substituents is 1. The lowest BCUT2D eigenvalue weighted by molar-refractivity contribution is -0.384. The van der Waals surface area contributed by atoms with E-state index in [0.717, 1.165) is 10.9 Å². The third-order valence-corrected chi connectivity index (χ3v) is 5.20. The van der Waals surface area contributed by atoms with Gasteiger partial charge in [0.05, 0.1) is 29.5 Å². The summed E-state index contributed by atoms with van der Waals surface area (Å²) in [7, 11) is 1.60. The first kappa shape index (κ1) is 23.2. The first-order valence-electron chi connectivity index (χ1n) is 10.5. The molecule has 0 aliphatic rings. The average molecular weight is 484 g/mol. The molecule has 9 nitrogen and oxygen atoms in total. The topological polar surface area (TPSA) is 97.9 Å². The molecule has 0 fully saturated rings. The van der Waals surface area contributed by atoms with Gasteiger partial charge in [-0.15, -0.1) is 5.10 Å². The van der Waals surface area contributed by atoms with Crippen molar-refractivity contribution in [3.63, 3.8) is 0 Å². The number of hydrogen-bond acceptors (Lipinski definition) is 7. The van der Waals surface area contributed by atoms with Crippen molar-refractivity contribution in [1.29, 1.82) is 0 Å². The lowest BCUT2D eigenvalue weighted by Gasteiger charge is -2.07. The second kappa shape index (κ2) is 10.8. The number of nitro groups is 1. The third-order valence-electron chi connectivity index (χ3n) is 4.95. The molecule has 0 saturated carbocycles. The van der Waals surface area contributed by atoms with Gasteiger partial charge in [-0.05, 0) is 54.6 Å². The molecule has 3 aromatic carbocycles. The average Bonchev–Trinajstić information content (AvgIpc) is 3.20. The Hall–Kier alpha value is -3.98. The molecule has 10 heteroatoms. The van der Waals surface area contributed by atoms with Crippen molar-refractivity contribution in [1.82, 2.24) is 9.78 Å². The summed E-state index contributed by atoms with van der Waals surface area (Å²) in [4.78, 5) is 10.3. The summed E-state index contributed by atoms with van der Waals surface area (Å²) < 4.78 is 24.4. The molecule has 0 spiro atoms. The van der Waals surface area contributed by atoms with Gasteiger partial charge in [-0.25, -0.2) is 0 Å². The monoisotopic (exact) mass is 483 g/mol. The number of non-ortho nitro benzene ring substituents is 1. The number of fused-ring (bicyclic) bond motifs is 1. The van der Waals surface area contributed by atoms with Crippen molar-refractivity contribution >= 4 is 28.2 Å². The second-order valence-corrected chi connectivity index (χ2v) is 7.60. The van der Waals surface area contributed by atoms with Gasteiger partial charge >= 0.3 is 0 Å². The fraction of sp³-hybridized carbons (Fsp3) is 0.208. The number of methoxy groups -OCH3 is 1. The van der Waals surface area contributed by atoms with E-state index in [4.69, 9.17) is 30.5 Å². The minimum atomic E-state index is -0.448. The van der Waals surface area contributed by atoms with Gasteiger partial charge in [-0.3, -0.25) is 14.8 Å². The van der Waals surface area contributed by atoms with E-state index in [9.17, 15) is 10.1 Å². The molecule has 4 aromatic rings. The predicted molar refractivity (Wildman–Crippen MR) is 127 cm³/mol. The van der Waals surface area contributed by atoms with Crippen molar-refractivity contribution in [3.8, 4) is 23.1 Å². The highest BCUT2D eigenvalue weighted by Gasteiger charge is 2.13. The standard InChI is InChI=1S/C24H22ClN3O6/c1-31-21-10-11-23-22(16-21)24(34-15-14-33-19-6-2-17(25)3-7-19)26-27(23)12-13-32-20-8-4-18(5-9-20)28(29)30/h2-11,16H,12-15H2,1H3. The summed E-state index contributed by atoms with van der Waals surface area (Å²) in [6.45, 7) is 1.40. The van der Waals surface area contributed by atoms with E-state index in [0.29, 0.717) is 54.5 Å². The molecule has 0 amide bonds. The van der Waals surface area contributed by atoms with Crippen LogP contribution in [0.3, 0.4) is 0 Å². The zero-order valence-electron chi connectivity index (χ0n) is 18.3. The minimum Gasteiger partial charge on any atom is -0.497 e. The fourth-order valence-corrected chi connectivity index (χ4v) is 3.40. The van der Waals surface area contributed by atoms with Crippen molar-refractivity contribution in [2.45, 2.75) is 6.54 Å². The molecular formula is C24H22ClN3O6. The Kier molecular flexibility index (Phi) is 7.34. The molecule has 0 unspecified atom stereocenters. The normalized spacial score (nSPS) is 10.8. The summed E-state index contributed by atoms with van der Waals surface area (Å²) in [5, 5.41) is 16.8. The maximum atomic E-state index is 10.8. The van der Waals surface area contributed by atoms with Gasteiger partial charge in [0, 0.05) is 17.2 Å². The van der Waals surface area contributed by atoms with E-state index in [1.54, 1.807) is 48.2 Å². The van der Waals surface area contributed by atoms with Crippen LogP contribution < -0.4 is 18.9 Å². The lowest BCUT2D eigenvalue weighted by atomic mass is 10.2. The smallest absolute Gasteiger partial charge is 0.269 e. The van der Waals surface area contributed by atoms with E-state index in [1.165, 1.54) is 12.1 Å². The maximum absolute atomic E-state index is 10.8. The van der Waals surface area contributed by atoms with E-state index < -0.39 is 4.92 Å². The third kappa shape index (κ3) is 5.68. The molecule has 0 radical (unpaired) electrons. The first-order valence-corrected chi connectivity index (χ1v) is 10.8. The Morgan fingerprint density at radius 3 is 2.18 bits per heavy atom. The molecule has 4 rings (SSSR count). The van der Waals surface area contributed by atoms with Crippen molar-refractivity contribution in [2.75, 3.05) is 26.9 Å². The number of halogens is 1. The Morgan fingerprint density at radius 2 is 1.50 bits per heavy atom. The number of ether oxygens (including phenoxy) is 4. The van der Waals surface area contributed by atoms with Gasteiger partial charge in [0.25, 0.3) is 5.69 Å². The van der Waals surface area contributed by atoms with Crippen molar-refractivity contribution in [2.24, 2.45) is 0 Å². The Bertz CT molecular complexity index is 1260. The number of nitrogens with zero attached hydrogens (tertiary/aromatic N) is 3. The molecule has 34 heavy (non-hydrogen) atoms. The highest BCUT2D eigenvalue weighted by atomic mass is 35.5. The van der Waals surface area contributed by atoms with Crippen LogP contribution in [0.15, 0.2) is 66.7 Å². The molecule has 0 aliphatic carbocycles. The van der Waals surface area contributed by atoms with E-state index in [1.807, 2.05) is 18.2 Å². The zero-order chi connectivity index (χ0) is 23.9. The van der Waals surface area contributed by atoms with Crippen LogP contribution in [0.1, 0.15) is 0 Å². The quantitative estimate of drug-likeness (QED) is 0.165. The molecule has 0 atom stereocenters. The zero-order valence-corrected chi connectivity index (χ0v) is 19.1. The molecular weight excluding hydrogens is 462 g/mol. The van der Waals surface area contributed by atoms with Gasteiger partial charge in [0.15, 0.2) is 0 Å². The molecule has 1 aromatic heterocycles. The van der Waals surface area contributed by atoms with Gasteiger partial charge < -0.3 is 18.9 Å².